The predicted octanol–water partition coefficient (Wildman–Crippen LogP) is 2.87. The van der Waals surface area contributed by atoms with Gasteiger partial charge in [-0.25, -0.2) is 4.79 Å². The monoisotopic (exact) mass is 401 g/mol. The fourth-order valence-corrected chi connectivity index (χ4v) is 3.81. The van der Waals surface area contributed by atoms with Crippen LogP contribution in [0.4, 0.5) is 16.2 Å². The first-order valence-corrected chi connectivity index (χ1v) is 9.34. The van der Waals surface area contributed by atoms with E-state index >= 15 is 0 Å². The van der Waals surface area contributed by atoms with Gasteiger partial charge in [-0.15, -0.1) is 12.4 Å². The lowest BCUT2D eigenvalue weighted by molar-refractivity contribution is -0.136. The summed E-state index contributed by atoms with van der Waals surface area (Å²) in [7, 11) is 0. The van der Waals surface area contributed by atoms with Crippen molar-refractivity contribution >= 4 is 35.8 Å². The minimum atomic E-state index is -0.857. The van der Waals surface area contributed by atoms with Crippen LogP contribution in [0.25, 0.3) is 0 Å². The molecule has 0 radical (unpaired) electrons. The number of amides is 2. The number of aliphatic carboxylic acids is 1. The van der Waals surface area contributed by atoms with E-state index in [2.05, 4.69) is 17.4 Å². The first-order valence-electron chi connectivity index (χ1n) is 9.34. The number of urea groups is 1. The van der Waals surface area contributed by atoms with Crippen molar-refractivity contribution in [1.29, 1.82) is 0 Å². The fourth-order valence-electron chi connectivity index (χ4n) is 3.81. The number of carboxylic acids is 1. The van der Waals surface area contributed by atoms with E-state index in [9.17, 15) is 9.59 Å². The van der Waals surface area contributed by atoms with Gasteiger partial charge in [-0.05, 0) is 66.9 Å². The van der Waals surface area contributed by atoms with Gasteiger partial charge in [0.15, 0.2) is 0 Å². The van der Waals surface area contributed by atoms with Gasteiger partial charge in [-0.3, -0.25) is 14.6 Å². The molecular weight excluding hydrogens is 378 g/mol. The summed E-state index contributed by atoms with van der Waals surface area (Å²) >= 11 is 0. The molecule has 2 aliphatic rings. The molecule has 28 heavy (non-hydrogen) atoms. The molecule has 4 rings (SSSR count). The van der Waals surface area contributed by atoms with Crippen molar-refractivity contribution in [2.24, 2.45) is 0 Å². The van der Waals surface area contributed by atoms with Gasteiger partial charge in [0.05, 0.1) is 6.42 Å². The van der Waals surface area contributed by atoms with Gasteiger partial charge in [0.1, 0.15) is 0 Å². The van der Waals surface area contributed by atoms with Gasteiger partial charge in [-0.1, -0.05) is 18.2 Å². The topological polar surface area (TPSA) is 72.9 Å². The van der Waals surface area contributed by atoms with E-state index in [1.807, 2.05) is 23.1 Å². The lowest BCUT2D eigenvalue weighted by Gasteiger charge is -2.20. The zero-order valence-corrected chi connectivity index (χ0v) is 16.4. The first kappa shape index (κ1) is 20.2. The second-order valence-electron chi connectivity index (χ2n) is 7.03. The summed E-state index contributed by atoms with van der Waals surface area (Å²) in [6.07, 6.45) is 2.00. The summed E-state index contributed by atoms with van der Waals surface area (Å²) in [6, 6.07) is 13.5. The normalized spacial score (nSPS) is 16.4. The Hall–Kier alpha value is -2.57. The minimum Gasteiger partial charge on any atom is -0.481 e. The number of hydrogen-bond acceptors (Lipinski definition) is 3. The Morgan fingerprint density at radius 3 is 2.21 bits per heavy atom. The van der Waals surface area contributed by atoms with Crippen LogP contribution < -0.4 is 15.1 Å². The highest BCUT2D eigenvalue weighted by Crippen LogP contribution is 2.28. The Balaban J connectivity index is 0.00000225. The van der Waals surface area contributed by atoms with Crippen LogP contribution in [0.5, 0.6) is 0 Å². The molecule has 0 aliphatic carbocycles. The van der Waals surface area contributed by atoms with Crippen LogP contribution >= 0.6 is 12.4 Å². The molecule has 0 saturated carbocycles. The molecule has 2 N–H and O–H groups in total. The van der Waals surface area contributed by atoms with E-state index in [0.29, 0.717) is 13.1 Å². The lowest BCUT2D eigenvalue weighted by atomic mass is 10.0. The maximum Gasteiger partial charge on any atom is 0.329 e. The molecule has 2 heterocycles. The highest BCUT2D eigenvalue weighted by molar-refractivity contribution is 6.06. The third kappa shape index (κ3) is 4.13. The molecule has 1 saturated heterocycles. The number of halogens is 1. The Kier molecular flexibility index (Phi) is 6.21. The van der Waals surface area contributed by atoms with Gasteiger partial charge in [0.25, 0.3) is 0 Å². The zero-order chi connectivity index (χ0) is 18.8. The van der Waals surface area contributed by atoms with Crippen LogP contribution in [0.1, 0.15) is 16.7 Å². The van der Waals surface area contributed by atoms with Gasteiger partial charge in [0, 0.05) is 24.5 Å². The van der Waals surface area contributed by atoms with Crippen molar-refractivity contribution < 1.29 is 14.7 Å². The number of hydrogen-bond donors (Lipinski definition) is 2. The summed E-state index contributed by atoms with van der Waals surface area (Å²) in [4.78, 5) is 27.3. The van der Waals surface area contributed by atoms with E-state index in [1.165, 1.54) is 11.1 Å². The van der Waals surface area contributed by atoms with Crippen molar-refractivity contribution in [2.45, 2.75) is 19.3 Å². The van der Waals surface area contributed by atoms with Crippen molar-refractivity contribution in [3.63, 3.8) is 0 Å². The SMILES string of the molecule is Cl.O=C(O)Cc1ccc(N2CCN(c3ccc4c(c3)CCNCC4)C2=O)cc1. The molecular formula is C21H24ClN3O3. The first-order chi connectivity index (χ1) is 13.1. The van der Waals surface area contributed by atoms with Crippen molar-refractivity contribution in [3.8, 4) is 0 Å². The average molecular weight is 402 g/mol. The highest BCUT2D eigenvalue weighted by Gasteiger charge is 2.31. The molecule has 2 aromatic rings. The van der Waals surface area contributed by atoms with Crippen molar-refractivity contribution in [1.82, 2.24) is 5.32 Å². The van der Waals surface area contributed by atoms with Crippen molar-refractivity contribution in [3.05, 3.63) is 59.2 Å². The summed E-state index contributed by atoms with van der Waals surface area (Å²) < 4.78 is 0. The van der Waals surface area contributed by atoms with Crippen molar-refractivity contribution in [2.75, 3.05) is 36.0 Å². The number of fused-ring (bicyclic) bond motifs is 1. The molecule has 0 atom stereocenters. The third-order valence-corrected chi connectivity index (χ3v) is 5.26. The van der Waals surface area contributed by atoms with Gasteiger partial charge in [0.2, 0.25) is 0 Å². The molecule has 2 amide bonds. The molecule has 0 unspecified atom stereocenters. The van der Waals surface area contributed by atoms with E-state index in [-0.39, 0.29) is 24.9 Å². The van der Waals surface area contributed by atoms with Crippen LogP contribution in [0.15, 0.2) is 42.5 Å². The number of benzene rings is 2. The second kappa shape index (κ2) is 8.63. The maximum atomic E-state index is 13.0. The Labute approximate surface area is 170 Å². The predicted molar refractivity (Wildman–Crippen MR) is 112 cm³/mol. The molecule has 2 aromatic carbocycles. The minimum absolute atomic E-state index is 0. The van der Waals surface area contributed by atoms with E-state index in [1.54, 1.807) is 17.0 Å². The quantitative estimate of drug-likeness (QED) is 0.826. The number of anilines is 2. The van der Waals surface area contributed by atoms with Crippen LogP contribution in [0.2, 0.25) is 0 Å². The van der Waals surface area contributed by atoms with E-state index < -0.39 is 5.97 Å². The summed E-state index contributed by atoms with van der Waals surface area (Å²) in [5.41, 5.74) is 5.17. The van der Waals surface area contributed by atoms with Gasteiger partial charge in [-0.2, -0.15) is 0 Å². The van der Waals surface area contributed by atoms with E-state index in [4.69, 9.17) is 5.11 Å². The maximum absolute atomic E-state index is 13.0. The van der Waals surface area contributed by atoms with Crippen LogP contribution in [0, 0.1) is 0 Å². The Morgan fingerprint density at radius 1 is 0.929 bits per heavy atom. The number of carbonyl (C=O) groups is 2. The molecule has 2 aliphatic heterocycles. The Morgan fingerprint density at radius 2 is 1.54 bits per heavy atom. The third-order valence-electron chi connectivity index (χ3n) is 5.26. The molecule has 6 nitrogen and oxygen atoms in total. The number of nitrogens with one attached hydrogen (secondary N) is 1. The molecule has 7 heteroatoms. The number of rotatable bonds is 4. The lowest BCUT2D eigenvalue weighted by Crippen LogP contribution is -2.31. The number of carbonyl (C=O) groups excluding carboxylic acids is 1. The van der Waals surface area contributed by atoms with Gasteiger partial charge >= 0.3 is 12.0 Å². The molecule has 148 valence electrons. The van der Waals surface area contributed by atoms with Crippen LogP contribution in [-0.2, 0) is 24.1 Å². The second-order valence-corrected chi connectivity index (χ2v) is 7.03. The van der Waals surface area contributed by atoms with E-state index in [0.717, 1.165) is 42.9 Å². The molecule has 1 fully saturated rings. The summed E-state index contributed by atoms with van der Waals surface area (Å²) in [5.74, 6) is -0.857. The van der Waals surface area contributed by atoms with Crippen LogP contribution in [0.3, 0.4) is 0 Å². The molecule has 0 spiro atoms. The number of carboxylic acid groups (broad SMARTS) is 1. The standard InChI is InChI=1S/C21H23N3O3.ClH/c25-20(26)13-15-1-4-18(5-2-15)23-11-12-24(21(23)27)19-6-3-16-7-9-22-10-8-17(16)14-19;/h1-6,14,22H,7-13H2,(H,25,26);1H. The summed E-state index contributed by atoms with van der Waals surface area (Å²) in [5, 5.41) is 12.3. The largest absolute Gasteiger partial charge is 0.481 e. The smallest absolute Gasteiger partial charge is 0.329 e. The molecule has 0 aromatic heterocycles. The van der Waals surface area contributed by atoms with Crippen LogP contribution in [-0.4, -0.2) is 43.3 Å². The fraction of sp³-hybridized carbons (Fsp3) is 0.333. The average Bonchev–Trinajstić information content (AvgIpc) is 2.88. The number of nitrogens with zero attached hydrogens (tertiary/aromatic N) is 2. The zero-order valence-electron chi connectivity index (χ0n) is 15.6. The molecule has 0 bridgehead atoms. The highest BCUT2D eigenvalue weighted by atomic mass is 35.5. The summed E-state index contributed by atoms with van der Waals surface area (Å²) in [6.45, 7) is 3.24. The van der Waals surface area contributed by atoms with Gasteiger partial charge < -0.3 is 10.4 Å². The Bertz CT molecular complexity index is 870.